The Morgan fingerprint density at radius 1 is 1.07 bits per heavy atom. The molecule has 1 aliphatic carbocycles. The molecule has 0 aliphatic heterocycles. The number of aromatic nitrogens is 4. The van der Waals surface area contributed by atoms with E-state index in [2.05, 4.69) is 19.9 Å². The van der Waals surface area contributed by atoms with Crippen molar-refractivity contribution >= 4 is 11.6 Å². The topological polar surface area (TPSA) is 70.0 Å². The molecule has 138 valence electrons. The highest BCUT2D eigenvalue weighted by atomic mass is 35.5. The van der Waals surface area contributed by atoms with Crippen LogP contribution in [0.15, 0.2) is 42.9 Å². The summed E-state index contributed by atoms with van der Waals surface area (Å²) < 4.78 is 11.2. The summed E-state index contributed by atoms with van der Waals surface area (Å²) in [7, 11) is 1.64. The van der Waals surface area contributed by atoms with E-state index >= 15 is 0 Å². The van der Waals surface area contributed by atoms with E-state index in [1.807, 2.05) is 25.1 Å². The van der Waals surface area contributed by atoms with Crippen molar-refractivity contribution in [2.24, 2.45) is 5.92 Å². The lowest BCUT2D eigenvalue weighted by atomic mass is 10.1. The third-order valence-corrected chi connectivity index (χ3v) is 4.87. The van der Waals surface area contributed by atoms with Gasteiger partial charge >= 0.3 is 0 Å². The summed E-state index contributed by atoms with van der Waals surface area (Å²) in [4.78, 5) is 17.4. The molecule has 4 rings (SSSR count). The Bertz CT molecular complexity index is 932. The summed E-state index contributed by atoms with van der Waals surface area (Å²) in [6.45, 7) is 2.43. The smallest absolute Gasteiger partial charge is 0.224 e. The van der Waals surface area contributed by atoms with Crippen LogP contribution < -0.4 is 9.47 Å². The summed E-state index contributed by atoms with van der Waals surface area (Å²) in [6.07, 6.45) is 6.27. The van der Waals surface area contributed by atoms with Crippen LogP contribution in [0, 0.1) is 12.8 Å². The van der Waals surface area contributed by atoms with Gasteiger partial charge in [0.05, 0.1) is 25.5 Å². The molecule has 0 N–H and O–H groups in total. The molecule has 2 unspecified atom stereocenters. The summed E-state index contributed by atoms with van der Waals surface area (Å²) in [6, 6.07) is 7.59. The van der Waals surface area contributed by atoms with Crippen molar-refractivity contribution < 1.29 is 9.47 Å². The van der Waals surface area contributed by atoms with Gasteiger partial charge in [-0.2, -0.15) is 4.98 Å². The van der Waals surface area contributed by atoms with Crippen molar-refractivity contribution in [1.82, 2.24) is 19.9 Å². The Morgan fingerprint density at radius 2 is 1.96 bits per heavy atom. The maximum Gasteiger partial charge on any atom is 0.224 e. The molecular weight excluding hydrogens is 364 g/mol. The quantitative estimate of drug-likeness (QED) is 0.598. The second kappa shape index (κ2) is 7.48. The van der Waals surface area contributed by atoms with Crippen LogP contribution in [-0.4, -0.2) is 33.7 Å². The average molecular weight is 383 g/mol. The fourth-order valence-electron chi connectivity index (χ4n) is 3.00. The molecule has 2 atom stereocenters. The fourth-order valence-corrected chi connectivity index (χ4v) is 3.12. The van der Waals surface area contributed by atoms with Crippen molar-refractivity contribution in [3.8, 4) is 22.8 Å². The minimum Gasteiger partial charge on any atom is -0.495 e. The van der Waals surface area contributed by atoms with E-state index in [1.54, 1.807) is 31.8 Å². The lowest BCUT2D eigenvalue weighted by Gasteiger charge is -2.11. The monoisotopic (exact) mass is 382 g/mol. The minimum absolute atomic E-state index is 0.416. The van der Waals surface area contributed by atoms with Gasteiger partial charge in [-0.15, -0.1) is 0 Å². The van der Waals surface area contributed by atoms with E-state index in [1.165, 1.54) is 0 Å². The predicted molar refractivity (Wildman–Crippen MR) is 102 cm³/mol. The van der Waals surface area contributed by atoms with Gasteiger partial charge in [0.1, 0.15) is 16.7 Å². The van der Waals surface area contributed by atoms with Crippen LogP contribution in [0.2, 0.25) is 5.15 Å². The number of ether oxygens (including phenoxy) is 2. The van der Waals surface area contributed by atoms with E-state index in [0.29, 0.717) is 35.3 Å². The molecule has 1 saturated carbocycles. The van der Waals surface area contributed by atoms with Gasteiger partial charge < -0.3 is 9.47 Å². The van der Waals surface area contributed by atoms with Gasteiger partial charge in [-0.25, -0.2) is 9.97 Å². The molecule has 6 nitrogen and oxygen atoms in total. The maximum atomic E-state index is 6.06. The standard InChI is InChI=1S/C20H19ClN4O2/c1-12-22-10-17(13-3-6-19(21)24-8-13)20(25-12)27-11-14-7-16(14)18-5-4-15(26-2)9-23-18/h3-6,8-10,14,16H,7,11H2,1-2H3. The zero-order chi connectivity index (χ0) is 18.8. The normalized spacial score (nSPS) is 18.2. The first-order valence-electron chi connectivity index (χ1n) is 8.72. The van der Waals surface area contributed by atoms with Gasteiger partial charge in [0.2, 0.25) is 5.88 Å². The number of nitrogens with zero attached hydrogens (tertiary/aromatic N) is 4. The Morgan fingerprint density at radius 3 is 2.67 bits per heavy atom. The third kappa shape index (κ3) is 4.01. The lowest BCUT2D eigenvalue weighted by molar-refractivity contribution is 0.285. The van der Waals surface area contributed by atoms with Crippen LogP contribution in [0.25, 0.3) is 11.1 Å². The van der Waals surface area contributed by atoms with Gasteiger partial charge in [0, 0.05) is 35.5 Å². The minimum atomic E-state index is 0.416. The average Bonchev–Trinajstić information content (AvgIpc) is 3.47. The van der Waals surface area contributed by atoms with Gasteiger partial charge in [-0.1, -0.05) is 11.6 Å². The molecular formula is C20H19ClN4O2. The Hall–Kier alpha value is -2.73. The van der Waals surface area contributed by atoms with Crippen LogP contribution >= 0.6 is 11.6 Å². The molecule has 1 aliphatic rings. The Kier molecular flexibility index (Phi) is 4.90. The number of aryl methyl sites for hydroxylation is 1. The van der Waals surface area contributed by atoms with Crippen LogP contribution in [0.4, 0.5) is 0 Å². The Labute approximate surface area is 162 Å². The van der Waals surface area contributed by atoms with Gasteiger partial charge in [0.25, 0.3) is 0 Å². The first kappa shape index (κ1) is 17.7. The van der Waals surface area contributed by atoms with E-state index in [4.69, 9.17) is 21.1 Å². The highest BCUT2D eigenvalue weighted by molar-refractivity contribution is 6.29. The molecule has 0 aromatic carbocycles. The zero-order valence-electron chi connectivity index (χ0n) is 15.1. The number of pyridine rings is 2. The van der Waals surface area contributed by atoms with Crippen molar-refractivity contribution in [2.75, 3.05) is 13.7 Å². The number of hydrogen-bond donors (Lipinski definition) is 0. The number of hydrogen-bond acceptors (Lipinski definition) is 6. The first-order valence-corrected chi connectivity index (χ1v) is 9.10. The van der Waals surface area contributed by atoms with Gasteiger partial charge in [-0.3, -0.25) is 4.98 Å². The summed E-state index contributed by atoms with van der Waals surface area (Å²) in [5.41, 5.74) is 2.76. The maximum absolute atomic E-state index is 6.06. The third-order valence-electron chi connectivity index (χ3n) is 4.64. The molecule has 0 spiro atoms. The molecule has 0 bridgehead atoms. The molecule has 0 amide bonds. The molecule has 1 fully saturated rings. The second-order valence-electron chi connectivity index (χ2n) is 6.54. The molecule has 0 saturated heterocycles. The molecule has 27 heavy (non-hydrogen) atoms. The number of methoxy groups -OCH3 is 1. The molecule has 3 heterocycles. The van der Waals surface area contributed by atoms with E-state index in [0.717, 1.165) is 29.0 Å². The summed E-state index contributed by atoms with van der Waals surface area (Å²) >= 11 is 5.88. The number of halogens is 1. The largest absolute Gasteiger partial charge is 0.495 e. The van der Waals surface area contributed by atoms with E-state index in [-0.39, 0.29) is 0 Å². The molecule has 7 heteroatoms. The fraction of sp³-hybridized carbons (Fsp3) is 0.300. The van der Waals surface area contributed by atoms with Crippen LogP contribution in [0.5, 0.6) is 11.6 Å². The molecule has 3 aromatic heterocycles. The lowest BCUT2D eigenvalue weighted by Crippen LogP contribution is -2.05. The summed E-state index contributed by atoms with van der Waals surface area (Å²) in [5.74, 6) is 2.85. The van der Waals surface area contributed by atoms with Crippen LogP contribution in [0.1, 0.15) is 23.9 Å². The number of rotatable bonds is 6. The van der Waals surface area contributed by atoms with E-state index < -0.39 is 0 Å². The first-order chi connectivity index (χ1) is 13.1. The molecule has 0 radical (unpaired) electrons. The molecule has 3 aromatic rings. The van der Waals surface area contributed by atoms with Crippen LogP contribution in [0.3, 0.4) is 0 Å². The van der Waals surface area contributed by atoms with Gasteiger partial charge in [0.15, 0.2) is 0 Å². The second-order valence-corrected chi connectivity index (χ2v) is 6.93. The zero-order valence-corrected chi connectivity index (χ0v) is 15.8. The van der Waals surface area contributed by atoms with E-state index in [9.17, 15) is 0 Å². The Balaban J connectivity index is 1.45. The SMILES string of the molecule is COc1ccc(C2CC2COc2nc(C)ncc2-c2ccc(Cl)nc2)nc1. The van der Waals surface area contributed by atoms with Crippen molar-refractivity contribution in [3.05, 3.63) is 59.5 Å². The van der Waals surface area contributed by atoms with Crippen molar-refractivity contribution in [1.29, 1.82) is 0 Å². The highest BCUT2D eigenvalue weighted by Crippen LogP contribution is 2.47. The highest BCUT2D eigenvalue weighted by Gasteiger charge is 2.40. The van der Waals surface area contributed by atoms with Crippen molar-refractivity contribution in [2.45, 2.75) is 19.3 Å². The van der Waals surface area contributed by atoms with Crippen molar-refractivity contribution in [3.63, 3.8) is 0 Å². The summed E-state index contributed by atoms with van der Waals surface area (Å²) in [5, 5.41) is 0.446. The van der Waals surface area contributed by atoms with Gasteiger partial charge in [-0.05, 0) is 37.6 Å². The van der Waals surface area contributed by atoms with Crippen LogP contribution in [-0.2, 0) is 0 Å². The predicted octanol–water partition coefficient (Wildman–Crippen LogP) is 4.09.